The molecular formula is C13H14FN3. The third-order valence-corrected chi connectivity index (χ3v) is 3.10. The molecule has 3 nitrogen and oxygen atoms in total. The maximum absolute atomic E-state index is 13.8. The van der Waals surface area contributed by atoms with E-state index in [-0.39, 0.29) is 5.82 Å². The molecule has 1 aliphatic carbocycles. The van der Waals surface area contributed by atoms with Gasteiger partial charge in [0, 0.05) is 18.7 Å². The summed E-state index contributed by atoms with van der Waals surface area (Å²) in [5.41, 5.74) is 7.81. The first kappa shape index (κ1) is 10.5. The normalized spacial score (nSPS) is 15.2. The second-order valence-electron chi connectivity index (χ2n) is 4.45. The van der Waals surface area contributed by atoms with Crippen LogP contribution in [0.25, 0.3) is 5.69 Å². The molecule has 0 aliphatic heterocycles. The fourth-order valence-electron chi connectivity index (χ4n) is 1.93. The van der Waals surface area contributed by atoms with E-state index in [1.165, 1.54) is 18.9 Å². The average Bonchev–Trinajstić information content (AvgIpc) is 3.08. The quantitative estimate of drug-likeness (QED) is 0.881. The lowest BCUT2D eigenvalue weighted by Crippen LogP contribution is -2.02. The van der Waals surface area contributed by atoms with Crippen molar-refractivity contribution in [2.24, 2.45) is 5.73 Å². The van der Waals surface area contributed by atoms with Crippen molar-refractivity contribution in [1.29, 1.82) is 0 Å². The Kier molecular flexibility index (Phi) is 2.44. The van der Waals surface area contributed by atoms with Crippen molar-refractivity contribution in [2.75, 3.05) is 0 Å². The van der Waals surface area contributed by atoms with E-state index in [0.29, 0.717) is 18.2 Å². The maximum atomic E-state index is 13.8. The molecule has 0 unspecified atom stereocenters. The van der Waals surface area contributed by atoms with Gasteiger partial charge in [0.05, 0.1) is 5.69 Å². The predicted molar refractivity (Wildman–Crippen MR) is 63.4 cm³/mol. The Hall–Kier alpha value is -1.68. The van der Waals surface area contributed by atoms with Crippen LogP contribution in [0.15, 0.2) is 30.5 Å². The summed E-state index contributed by atoms with van der Waals surface area (Å²) in [4.78, 5) is 0. The standard InChI is InChI=1S/C13H14FN3/c14-11-7-9(8-15)1-4-13(11)17-6-5-12(16-17)10-2-3-10/h1,4-7,10H,2-3,8,15H2. The van der Waals surface area contributed by atoms with Crippen molar-refractivity contribution in [1.82, 2.24) is 9.78 Å². The monoisotopic (exact) mass is 231 g/mol. The number of nitrogens with zero attached hydrogens (tertiary/aromatic N) is 2. The highest BCUT2D eigenvalue weighted by molar-refractivity contribution is 5.36. The lowest BCUT2D eigenvalue weighted by molar-refractivity contribution is 0.607. The van der Waals surface area contributed by atoms with Gasteiger partial charge in [-0.25, -0.2) is 9.07 Å². The molecule has 3 rings (SSSR count). The molecule has 0 saturated heterocycles. The number of rotatable bonds is 3. The van der Waals surface area contributed by atoms with Crippen molar-refractivity contribution in [3.8, 4) is 5.69 Å². The smallest absolute Gasteiger partial charge is 0.149 e. The van der Waals surface area contributed by atoms with Gasteiger partial charge in [0.25, 0.3) is 0 Å². The van der Waals surface area contributed by atoms with Gasteiger partial charge in [0.2, 0.25) is 0 Å². The zero-order valence-electron chi connectivity index (χ0n) is 9.44. The molecule has 0 spiro atoms. The number of benzene rings is 1. The Labute approximate surface area is 99.1 Å². The van der Waals surface area contributed by atoms with Crippen LogP contribution < -0.4 is 5.73 Å². The van der Waals surface area contributed by atoms with Crippen molar-refractivity contribution in [3.05, 3.63) is 47.5 Å². The van der Waals surface area contributed by atoms with E-state index in [1.807, 2.05) is 18.3 Å². The molecule has 0 amide bonds. The Morgan fingerprint density at radius 1 is 1.35 bits per heavy atom. The highest BCUT2D eigenvalue weighted by atomic mass is 19.1. The number of aromatic nitrogens is 2. The topological polar surface area (TPSA) is 43.8 Å². The van der Waals surface area contributed by atoms with Gasteiger partial charge in [-0.2, -0.15) is 5.10 Å². The Balaban J connectivity index is 1.96. The molecule has 88 valence electrons. The number of hydrogen-bond acceptors (Lipinski definition) is 2. The third kappa shape index (κ3) is 1.96. The van der Waals surface area contributed by atoms with Gasteiger partial charge in [-0.15, -0.1) is 0 Å². The summed E-state index contributed by atoms with van der Waals surface area (Å²) < 4.78 is 15.4. The minimum absolute atomic E-state index is 0.279. The highest BCUT2D eigenvalue weighted by Crippen LogP contribution is 2.39. The SMILES string of the molecule is NCc1ccc(-n2ccc(C3CC3)n2)c(F)c1. The maximum Gasteiger partial charge on any atom is 0.149 e. The molecule has 4 heteroatoms. The molecule has 17 heavy (non-hydrogen) atoms. The Bertz CT molecular complexity index is 543. The summed E-state index contributed by atoms with van der Waals surface area (Å²) >= 11 is 0. The van der Waals surface area contributed by atoms with Gasteiger partial charge >= 0.3 is 0 Å². The molecule has 1 saturated carbocycles. The molecule has 2 aromatic rings. The molecule has 2 N–H and O–H groups in total. The fraction of sp³-hybridized carbons (Fsp3) is 0.308. The van der Waals surface area contributed by atoms with Crippen LogP contribution in [0.1, 0.15) is 30.0 Å². The van der Waals surface area contributed by atoms with Gasteiger partial charge in [-0.3, -0.25) is 0 Å². The van der Waals surface area contributed by atoms with Crippen LogP contribution in [-0.2, 0) is 6.54 Å². The van der Waals surface area contributed by atoms with E-state index in [0.717, 1.165) is 11.3 Å². The molecule has 0 bridgehead atoms. The number of hydrogen-bond donors (Lipinski definition) is 1. The van der Waals surface area contributed by atoms with Gasteiger partial charge in [-0.1, -0.05) is 6.07 Å². The van der Waals surface area contributed by atoms with Crippen LogP contribution >= 0.6 is 0 Å². The van der Waals surface area contributed by atoms with Gasteiger partial charge in [0.15, 0.2) is 0 Å². The van der Waals surface area contributed by atoms with Crippen molar-refractivity contribution < 1.29 is 4.39 Å². The molecule has 1 heterocycles. The minimum atomic E-state index is -0.279. The third-order valence-electron chi connectivity index (χ3n) is 3.10. The summed E-state index contributed by atoms with van der Waals surface area (Å²) in [6.07, 6.45) is 4.21. The molecule has 1 aromatic carbocycles. The second-order valence-corrected chi connectivity index (χ2v) is 4.45. The largest absolute Gasteiger partial charge is 0.326 e. The highest BCUT2D eigenvalue weighted by Gasteiger charge is 2.26. The van der Waals surface area contributed by atoms with Gasteiger partial charge < -0.3 is 5.73 Å². The van der Waals surface area contributed by atoms with Gasteiger partial charge in [-0.05, 0) is 36.6 Å². The van der Waals surface area contributed by atoms with Crippen LogP contribution in [0.4, 0.5) is 4.39 Å². The van der Waals surface area contributed by atoms with E-state index < -0.39 is 0 Å². The number of halogens is 1. The van der Waals surface area contributed by atoms with E-state index in [2.05, 4.69) is 5.10 Å². The van der Waals surface area contributed by atoms with E-state index in [4.69, 9.17) is 5.73 Å². The fourth-order valence-corrected chi connectivity index (χ4v) is 1.93. The molecule has 0 radical (unpaired) electrons. The lowest BCUT2D eigenvalue weighted by Gasteiger charge is -2.05. The first-order chi connectivity index (χ1) is 8.28. The van der Waals surface area contributed by atoms with Crippen molar-refractivity contribution in [2.45, 2.75) is 25.3 Å². The van der Waals surface area contributed by atoms with Crippen LogP contribution in [0.5, 0.6) is 0 Å². The summed E-state index contributed by atoms with van der Waals surface area (Å²) in [5, 5.41) is 4.40. The molecule has 0 atom stereocenters. The molecule has 1 aliphatic rings. The van der Waals surface area contributed by atoms with E-state index in [9.17, 15) is 4.39 Å². The van der Waals surface area contributed by atoms with Crippen LogP contribution in [0.3, 0.4) is 0 Å². The van der Waals surface area contributed by atoms with Crippen LogP contribution in [0.2, 0.25) is 0 Å². The van der Waals surface area contributed by atoms with E-state index in [1.54, 1.807) is 10.7 Å². The molecular weight excluding hydrogens is 217 g/mol. The zero-order valence-corrected chi connectivity index (χ0v) is 9.44. The first-order valence-electron chi connectivity index (χ1n) is 5.82. The lowest BCUT2D eigenvalue weighted by atomic mass is 10.2. The summed E-state index contributed by atoms with van der Waals surface area (Å²) in [6, 6.07) is 6.99. The van der Waals surface area contributed by atoms with Crippen LogP contribution in [-0.4, -0.2) is 9.78 Å². The first-order valence-corrected chi connectivity index (χ1v) is 5.82. The van der Waals surface area contributed by atoms with Crippen LogP contribution in [0, 0.1) is 5.82 Å². The molecule has 1 aromatic heterocycles. The summed E-state index contributed by atoms with van der Waals surface area (Å²) in [5.74, 6) is 0.307. The molecule has 1 fully saturated rings. The van der Waals surface area contributed by atoms with Crippen molar-refractivity contribution in [3.63, 3.8) is 0 Å². The number of nitrogens with two attached hydrogens (primary N) is 1. The Morgan fingerprint density at radius 3 is 2.82 bits per heavy atom. The average molecular weight is 231 g/mol. The predicted octanol–water partition coefficient (Wildman–Crippen LogP) is 2.35. The summed E-state index contributed by atoms with van der Waals surface area (Å²) in [6.45, 7) is 0.351. The van der Waals surface area contributed by atoms with Crippen molar-refractivity contribution >= 4 is 0 Å². The van der Waals surface area contributed by atoms with E-state index >= 15 is 0 Å². The Morgan fingerprint density at radius 2 is 2.18 bits per heavy atom. The zero-order chi connectivity index (χ0) is 11.8. The minimum Gasteiger partial charge on any atom is -0.326 e. The van der Waals surface area contributed by atoms with Gasteiger partial charge in [0.1, 0.15) is 11.5 Å². The summed E-state index contributed by atoms with van der Waals surface area (Å²) in [7, 11) is 0. The second kappa shape index (κ2) is 3.96.